The minimum atomic E-state index is -0.686. The molecule has 1 atom stereocenters. The zero-order valence-corrected chi connectivity index (χ0v) is 12.7. The molecular weight excluding hydrogens is 328 g/mol. The molecule has 0 aliphatic rings. The number of benzene rings is 2. The smallest absolute Gasteiger partial charge is 0.131 e. The van der Waals surface area contributed by atoms with Gasteiger partial charge in [-0.25, -0.2) is 8.78 Å². The lowest BCUT2D eigenvalue weighted by atomic mass is 9.97. The number of hydrogen-bond donors (Lipinski definition) is 1. The van der Waals surface area contributed by atoms with Gasteiger partial charge in [-0.05, 0) is 36.2 Å². The largest absolute Gasteiger partial charge is 0.497 e. The summed E-state index contributed by atoms with van der Waals surface area (Å²) in [4.78, 5) is 0. The molecule has 0 spiro atoms. The van der Waals surface area contributed by atoms with Crippen LogP contribution in [0.3, 0.4) is 0 Å². The number of aryl methyl sites for hydroxylation is 1. The van der Waals surface area contributed by atoms with Crippen LogP contribution in [0, 0.1) is 18.6 Å². The third kappa shape index (κ3) is 2.83. The summed E-state index contributed by atoms with van der Waals surface area (Å²) in [6.07, 6.45) is 0. The van der Waals surface area contributed by atoms with Gasteiger partial charge in [-0.2, -0.15) is 0 Å². The Morgan fingerprint density at radius 2 is 1.80 bits per heavy atom. The van der Waals surface area contributed by atoms with Crippen molar-refractivity contribution in [3.63, 3.8) is 0 Å². The van der Waals surface area contributed by atoms with E-state index in [0.717, 1.165) is 6.07 Å². The van der Waals surface area contributed by atoms with Crippen molar-refractivity contribution in [2.24, 2.45) is 5.73 Å². The molecule has 106 valence electrons. The zero-order chi connectivity index (χ0) is 14.9. The Labute approximate surface area is 124 Å². The summed E-state index contributed by atoms with van der Waals surface area (Å²) < 4.78 is 33.0. The fraction of sp³-hybridized carbons (Fsp3) is 0.200. The quantitative estimate of drug-likeness (QED) is 0.912. The molecule has 0 aliphatic carbocycles. The molecule has 20 heavy (non-hydrogen) atoms. The van der Waals surface area contributed by atoms with Crippen LogP contribution < -0.4 is 10.5 Å². The molecule has 0 radical (unpaired) electrons. The average molecular weight is 342 g/mol. The first-order chi connectivity index (χ1) is 9.43. The summed E-state index contributed by atoms with van der Waals surface area (Å²) in [6.45, 7) is 1.58. The SMILES string of the molecule is COc1ccc(C(N)c2cc(C)c(F)cc2F)c(Br)c1. The van der Waals surface area contributed by atoms with Crippen LogP contribution in [0.2, 0.25) is 0 Å². The summed E-state index contributed by atoms with van der Waals surface area (Å²) in [7, 11) is 1.56. The van der Waals surface area contributed by atoms with Crippen LogP contribution in [0.1, 0.15) is 22.7 Å². The third-order valence-electron chi connectivity index (χ3n) is 3.16. The summed E-state index contributed by atoms with van der Waals surface area (Å²) in [5, 5.41) is 0. The zero-order valence-electron chi connectivity index (χ0n) is 11.1. The van der Waals surface area contributed by atoms with Crippen molar-refractivity contribution in [3.05, 3.63) is 63.1 Å². The maximum atomic E-state index is 13.9. The highest BCUT2D eigenvalue weighted by atomic mass is 79.9. The Balaban J connectivity index is 2.46. The van der Waals surface area contributed by atoms with Crippen LogP contribution in [0.15, 0.2) is 34.8 Å². The summed E-state index contributed by atoms with van der Waals surface area (Å²) in [5.74, 6) is -0.556. The number of rotatable bonds is 3. The van der Waals surface area contributed by atoms with Crippen LogP contribution in [0.25, 0.3) is 0 Å². The van der Waals surface area contributed by atoms with E-state index in [0.29, 0.717) is 21.3 Å². The molecule has 0 fully saturated rings. The fourth-order valence-corrected chi connectivity index (χ4v) is 2.58. The second-order valence-electron chi connectivity index (χ2n) is 4.49. The molecule has 5 heteroatoms. The van der Waals surface area contributed by atoms with Gasteiger partial charge in [-0.3, -0.25) is 0 Å². The Morgan fingerprint density at radius 1 is 1.10 bits per heavy atom. The molecule has 0 aromatic heterocycles. The van der Waals surface area contributed by atoms with Crippen molar-refractivity contribution in [3.8, 4) is 5.75 Å². The lowest BCUT2D eigenvalue weighted by Gasteiger charge is -2.17. The Bertz CT molecular complexity index is 646. The van der Waals surface area contributed by atoms with E-state index in [1.165, 1.54) is 6.07 Å². The van der Waals surface area contributed by atoms with Gasteiger partial charge in [0.15, 0.2) is 0 Å². The molecule has 0 saturated carbocycles. The number of halogens is 3. The van der Waals surface area contributed by atoms with Crippen molar-refractivity contribution >= 4 is 15.9 Å². The highest BCUT2D eigenvalue weighted by Crippen LogP contribution is 2.31. The van der Waals surface area contributed by atoms with Crippen molar-refractivity contribution < 1.29 is 13.5 Å². The van der Waals surface area contributed by atoms with Crippen LogP contribution in [-0.2, 0) is 0 Å². The minimum absolute atomic E-state index is 0.259. The van der Waals surface area contributed by atoms with E-state index in [-0.39, 0.29) is 5.56 Å². The second kappa shape index (κ2) is 5.89. The molecular formula is C15H14BrF2NO. The number of nitrogens with two attached hydrogens (primary N) is 1. The molecule has 0 saturated heterocycles. The highest BCUT2D eigenvalue weighted by molar-refractivity contribution is 9.10. The predicted octanol–water partition coefficient (Wildman–Crippen LogP) is 4.09. The summed E-state index contributed by atoms with van der Waals surface area (Å²) in [6, 6.07) is 6.87. The molecule has 0 heterocycles. The Hall–Kier alpha value is -1.46. The molecule has 2 rings (SSSR count). The third-order valence-corrected chi connectivity index (χ3v) is 3.84. The van der Waals surface area contributed by atoms with Gasteiger partial charge < -0.3 is 10.5 Å². The van der Waals surface area contributed by atoms with Crippen molar-refractivity contribution in [1.82, 2.24) is 0 Å². The van der Waals surface area contributed by atoms with E-state index in [1.807, 2.05) is 0 Å². The maximum Gasteiger partial charge on any atom is 0.131 e. The summed E-state index contributed by atoms with van der Waals surface area (Å²) >= 11 is 3.39. The molecule has 1 unspecified atom stereocenters. The summed E-state index contributed by atoms with van der Waals surface area (Å²) in [5.41, 5.74) is 7.42. The predicted molar refractivity (Wildman–Crippen MR) is 77.8 cm³/mol. The average Bonchev–Trinajstić information content (AvgIpc) is 2.42. The first-order valence-corrected chi connectivity index (χ1v) is 6.78. The van der Waals surface area contributed by atoms with Crippen LogP contribution >= 0.6 is 15.9 Å². The van der Waals surface area contributed by atoms with Crippen molar-refractivity contribution in [2.45, 2.75) is 13.0 Å². The van der Waals surface area contributed by atoms with Crippen LogP contribution in [0.4, 0.5) is 8.78 Å². The highest BCUT2D eigenvalue weighted by Gasteiger charge is 2.18. The molecule has 2 aromatic rings. The molecule has 2 N–H and O–H groups in total. The first-order valence-electron chi connectivity index (χ1n) is 5.98. The van der Waals surface area contributed by atoms with E-state index in [9.17, 15) is 8.78 Å². The monoisotopic (exact) mass is 341 g/mol. The van der Waals surface area contributed by atoms with E-state index in [1.54, 1.807) is 32.2 Å². The number of hydrogen-bond acceptors (Lipinski definition) is 2. The first kappa shape index (κ1) is 14.9. The van der Waals surface area contributed by atoms with E-state index in [4.69, 9.17) is 10.5 Å². The Morgan fingerprint density at radius 3 is 2.40 bits per heavy atom. The van der Waals surface area contributed by atoms with E-state index < -0.39 is 17.7 Å². The Kier molecular flexibility index (Phi) is 4.40. The van der Waals surface area contributed by atoms with Gasteiger partial charge in [0, 0.05) is 16.1 Å². The van der Waals surface area contributed by atoms with Gasteiger partial charge in [0.1, 0.15) is 17.4 Å². The van der Waals surface area contributed by atoms with Gasteiger partial charge in [-0.1, -0.05) is 22.0 Å². The molecule has 0 bridgehead atoms. The van der Waals surface area contributed by atoms with Gasteiger partial charge in [0.2, 0.25) is 0 Å². The number of methoxy groups -OCH3 is 1. The van der Waals surface area contributed by atoms with Crippen LogP contribution in [0.5, 0.6) is 5.75 Å². The molecule has 2 nitrogen and oxygen atoms in total. The van der Waals surface area contributed by atoms with Gasteiger partial charge in [-0.15, -0.1) is 0 Å². The van der Waals surface area contributed by atoms with Crippen molar-refractivity contribution in [1.29, 1.82) is 0 Å². The van der Waals surface area contributed by atoms with Gasteiger partial charge in [0.05, 0.1) is 13.2 Å². The maximum absolute atomic E-state index is 13.9. The van der Waals surface area contributed by atoms with E-state index >= 15 is 0 Å². The lowest BCUT2D eigenvalue weighted by Crippen LogP contribution is -2.15. The topological polar surface area (TPSA) is 35.2 Å². The van der Waals surface area contributed by atoms with Crippen molar-refractivity contribution in [2.75, 3.05) is 7.11 Å². The van der Waals surface area contributed by atoms with Gasteiger partial charge >= 0.3 is 0 Å². The fourth-order valence-electron chi connectivity index (χ4n) is 1.97. The van der Waals surface area contributed by atoms with E-state index in [2.05, 4.69) is 15.9 Å². The molecule has 0 aliphatic heterocycles. The molecule has 0 amide bonds. The lowest BCUT2D eigenvalue weighted by molar-refractivity contribution is 0.414. The van der Waals surface area contributed by atoms with Crippen LogP contribution in [-0.4, -0.2) is 7.11 Å². The molecule has 2 aromatic carbocycles. The number of ether oxygens (including phenoxy) is 1. The van der Waals surface area contributed by atoms with Gasteiger partial charge in [0.25, 0.3) is 0 Å². The minimum Gasteiger partial charge on any atom is -0.497 e. The standard InChI is InChI=1S/C15H14BrF2NO/c1-8-5-11(14(18)7-13(8)17)15(19)10-4-3-9(20-2)6-12(10)16/h3-7,15H,19H2,1-2H3. The normalized spacial score (nSPS) is 12.3. The second-order valence-corrected chi connectivity index (χ2v) is 5.34.